The first-order valence-electron chi connectivity index (χ1n) is 12.0. The van der Waals surface area contributed by atoms with Crippen molar-refractivity contribution in [3.63, 3.8) is 0 Å². The molecule has 5 heterocycles. The lowest BCUT2D eigenvalue weighted by atomic mass is 10.1. The topological polar surface area (TPSA) is 123 Å². The molecule has 0 radical (unpaired) electrons. The zero-order valence-corrected chi connectivity index (χ0v) is 20.0. The molecule has 6 rings (SSSR count). The highest BCUT2D eigenvalue weighted by Crippen LogP contribution is 2.32. The van der Waals surface area contributed by atoms with E-state index in [2.05, 4.69) is 58.5 Å². The molecule has 0 spiro atoms. The van der Waals surface area contributed by atoms with Crippen molar-refractivity contribution in [1.29, 1.82) is 0 Å². The Morgan fingerprint density at radius 1 is 1.06 bits per heavy atom. The predicted molar refractivity (Wildman–Crippen MR) is 135 cm³/mol. The number of aromatic amines is 2. The number of imidazole rings is 2. The molecule has 0 aliphatic carbocycles. The largest absolute Gasteiger partial charge is 0.495 e. The van der Waals surface area contributed by atoms with Gasteiger partial charge in [-0.15, -0.1) is 0 Å². The van der Waals surface area contributed by atoms with E-state index in [1.54, 1.807) is 19.8 Å². The van der Waals surface area contributed by atoms with Crippen molar-refractivity contribution < 1.29 is 4.74 Å². The Hall–Kier alpha value is -3.86. The molecule has 4 N–H and O–H groups in total. The summed E-state index contributed by atoms with van der Waals surface area (Å²) in [4.78, 5) is 29.3. The zero-order chi connectivity index (χ0) is 23.8. The van der Waals surface area contributed by atoms with Gasteiger partial charge in [0.15, 0.2) is 11.5 Å². The Balaban J connectivity index is 1.24. The minimum atomic E-state index is 0.451. The van der Waals surface area contributed by atoms with Crippen LogP contribution in [0.5, 0.6) is 5.75 Å². The van der Waals surface area contributed by atoms with E-state index in [0.717, 1.165) is 78.7 Å². The number of nitrogens with one attached hydrogen (secondary N) is 4. The minimum Gasteiger partial charge on any atom is -0.495 e. The number of methoxy groups -OCH3 is 1. The summed E-state index contributed by atoms with van der Waals surface area (Å²) in [5, 5.41) is 7.00. The predicted octanol–water partition coefficient (Wildman–Crippen LogP) is 2.90. The summed E-state index contributed by atoms with van der Waals surface area (Å²) in [7, 11) is 3.87. The standard InChI is InChI=1S/C24H30N10O/c1-33-8-5-15(6-9-33)29-18-4-3-16(11-20(18)35-2)30-24-31-22-21(27-14-28-22)23(32-24)34-10-7-17-19(12-34)26-13-25-17/h3-4,11,13-15,29H,5-10,12H2,1-2H3,(H,25,26)(H2,27,28,30,31,32). The van der Waals surface area contributed by atoms with Gasteiger partial charge in [0.1, 0.15) is 11.3 Å². The van der Waals surface area contributed by atoms with Gasteiger partial charge in [0, 0.05) is 30.8 Å². The van der Waals surface area contributed by atoms with Gasteiger partial charge in [-0.3, -0.25) is 0 Å². The van der Waals surface area contributed by atoms with E-state index >= 15 is 0 Å². The lowest BCUT2D eigenvalue weighted by molar-refractivity contribution is 0.263. The molecule has 1 saturated heterocycles. The second-order valence-corrected chi connectivity index (χ2v) is 9.23. The summed E-state index contributed by atoms with van der Waals surface area (Å²) >= 11 is 0. The Morgan fingerprint density at radius 2 is 1.91 bits per heavy atom. The lowest BCUT2D eigenvalue weighted by Gasteiger charge is -2.30. The van der Waals surface area contributed by atoms with Crippen LogP contribution in [-0.4, -0.2) is 74.6 Å². The highest BCUT2D eigenvalue weighted by molar-refractivity contribution is 5.85. The van der Waals surface area contributed by atoms with Crippen LogP contribution in [0, 0.1) is 0 Å². The number of H-pyrrole nitrogens is 2. The van der Waals surface area contributed by atoms with Crippen LogP contribution < -0.4 is 20.3 Å². The van der Waals surface area contributed by atoms with Crippen molar-refractivity contribution in [2.75, 3.05) is 49.3 Å². The van der Waals surface area contributed by atoms with E-state index in [4.69, 9.17) is 9.72 Å². The number of nitrogens with zero attached hydrogens (tertiary/aromatic N) is 6. The summed E-state index contributed by atoms with van der Waals surface area (Å²) < 4.78 is 5.70. The summed E-state index contributed by atoms with van der Waals surface area (Å²) in [6.45, 7) is 3.75. The first-order valence-corrected chi connectivity index (χ1v) is 12.0. The number of anilines is 4. The van der Waals surface area contributed by atoms with Crippen molar-refractivity contribution in [3.8, 4) is 5.75 Å². The van der Waals surface area contributed by atoms with Crippen LogP contribution in [0.1, 0.15) is 24.2 Å². The van der Waals surface area contributed by atoms with Crippen LogP contribution in [0.15, 0.2) is 30.9 Å². The van der Waals surface area contributed by atoms with Gasteiger partial charge < -0.3 is 35.1 Å². The second kappa shape index (κ2) is 9.06. The van der Waals surface area contributed by atoms with Gasteiger partial charge in [-0.05, 0) is 45.1 Å². The number of piperidine rings is 1. The SMILES string of the molecule is COc1cc(Nc2nc(N3CCc4nc[nH]c4C3)c3[nH]cnc3n2)ccc1NC1CCN(C)CC1. The van der Waals surface area contributed by atoms with Crippen LogP contribution in [0.2, 0.25) is 0 Å². The van der Waals surface area contributed by atoms with Crippen molar-refractivity contribution in [3.05, 3.63) is 42.2 Å². The maximum absolute atomic E-state index is 5.70. The van der Waals surface area contributed by atoms with Gasteiger partial charge in [0.05, 0.1) is 43.4 Å². The molecule has 2 aliphatic rings. The summed E-state index contributed by atoms with van der Waals surface area (Å²) in [6, 6.07) is 6.51. The Bertz CT molecular complexity index is 1320. The fraction of sp³-hybridized carbons (Fsp3) is 0.417. The Labute approximate surface area is 203 Å². The van der Waals surface area contributed by atoms with E-state index in [0.29, 0.717) is 24.2 Å². The molecule has 1 fully saturated rings. The number of likely N-dealkylation sites (tertiary alicyclic amines) is 1. The zero-order valence-electron chi connectivity index (χ0n) is 20.0. The van der Waals surface area contributed by atoms with E-state index in [1.165, 1.54) is 0 Å². The molecule has 35 heavy (non-hydrogen) atoms. The quantitative estimate of drug-likeness (QED) is 0.334. The number of fused-ring (bicyclic) bond motifs is 2. The maximum Gasteiger partial charge on any atom is 0.231 e. The second-order valence-electron chi connectivity index (χ2n) is 9.23. The summed E-state index contributed by atoms with van der Waals surface area (Å²) in [5.41, 5.74) is 5.55. The third-order valence-corrected chi connectivity index (χ3v) is 6.88. The minimum absolute atomic E-state index is 0.451. The van der Waals surface area contributed by atoms with E-state index in [1.807, 2.05) is 12.1 Å². The van der Waals surface area contributed by atoms with Crippen LogP contribution in [0.4, 0.5) is 23.1 Å². The van der Waals surface area contributed by atoms with Gasteiger partial charge in [-0.25, -0.2) is 9.97 Å². The molecule has 11 nitrogen and oxygen atoms in total. The number of benzene rings is 1. The number of ether oxygens (including phenoxy) is 1. The molecule has 0 amide bonds. The molecule has 0 unspecified atom stereocenters. The van der Waals surface area contributed by atoms with E-state index < -0.39 is 0 Å². The Kier molecular flexibility index (Phi) is 5.61. The van der Waals surface area contributed by atoms with E-state index in [9.17, 15) is 0 Å². The van der Waals surface area contributed by atoms with Gasteiger partial charge in [-0.1, -0.05) is 0 Å². The van der Waals surface area contributed by atoms with Crippen molar-refractivity contribution in [1.82, 2.24) is 34.8 Å². The van der Waals surface area contributed by atoms with Crippen LogP contribution in [0.25, 0.3) is 11.2 Å². The average Bonchev–Trinajstić information content (AvgIpc) is 3.55. The van der Waals surface area contributed by atoms with E-state index in [-0.39, 0.29) is 0 Å². The van der Waals surface area contributed by atoms with Crippen LogP contribution in [0.3, 0.4) is 0 Å². The maximum atomic E-state index is 5.70. The monoisotopic (exact) mass is 474 g/mol. The third-order valence-electron chi connectivity index (χ3n) is 6.88. The van der Waals surface area contributed by atoms with Crippen molar-refractivity contribution in [2.24, 2.45) is 0 Å². The number of aromatic nitrogens is 6. The highest BCUT2D eigenvalue weighted by atomic mass is 16.5. The van der Waals surface area contributed by atoms with Crippen molar-refractivity contribution in [2.45, 2.75) is 31.8 Å². The van der Waals surface area contributed by atoms with Gasteiger partial charge in [0.25, 0.3) is 0 Å². The lowest BCUT2D eigenvalue weighted by Crippen LogP contribution is -2.36. The smallest absolute Gasteiger partial charge is 0.231 e. The molecule has 2 aliphatic heterocycles. The van der Waals surface area contributed by atoms with Gasteiger partial charge in [-0.2, -0.15) is 9.97 Å². The first-order chi connectivity index (χ1) is 17.2. The molecular weight excluding hydrogens is 444 g/mol. The van der Waals surface area contributed by atoms with Gasteiger partial charge in [0.2, 0.25) is 5.95 Å². The number of hydrogen-bond donors (Lipinski definition) is 4. The molecule has 11 heteroatoms. The molecular formula is C24H30N10O. The van der Waals surface area contributed by atoms with Crippen molar-refractivity contribution >= 4 is 34.3 Å². The molecule has 1 aromatic carbocycles. The van der Waals surface area contributed by atoms with Crippen LogP contribution >= 0.6 is 0 Å². The summed E-state index contributed by atoms with van der Waals surface area (Å²) in [6.07, 6.45) is 6.52. The Morgan fingerprint density at radius 3 is 2.77 bits per heavy atom. The first kappa shape index (κ1) is 21.7. The molecule has 0 atom stereocenters. The molecule has 0 bridgehead atoms. The number of rotatable bonds is 6. The summed E-state index contributed by atoms with van der Waals surface area (Å²) in [5.74, 6) is 2.11. The van der Waals surface area contributed by atoms with Gasteiger partial charge >= 0.3 is 0 Å². The third kappa shape index (κ3) is 4.34. The molecule has 4 aromatic rings. The molecule has 0 saturated carbocycles. The normalized spacial score (nSPS) is 16.9. The highest BCUT2D eigenvalue weighted by Gasteiger charge is 2.23. The fourth-order valence-electron chi connectivity index (χ4n) is 4.89. The van der Waals surface area contributed by atoms with Crippen LogP contribution in [-0.2, 0) is 13.0 Å². The molecule has 3 aromatic heterocycles. The molecule has 182 valence electrons. The number of hydrogen-bond acceptors (Lipinski definition) is 9. The average molecular weight is 475 g/mol. The fourth-order valence-corrected chi connectivity index (χ4v) is 4.89.